The zero-order valence-corrected chi connectivity index (χ0v) is 11.6. The first-order chi connectivity index (χ1) is 11.3. The molecule has 0 aromatic rings. The zero-order valence-electron chi connectivity index (χ0n) is 11.6. The summed E-state index contributed by atoms with van der Waals surface area (Å²) >= 11 is 0. The van der Waals surface area contributed by atoms with Gasteiger partial charge in [0.2, 0.25) is 11.6 Å². The van der Waals surface area contributed by atoms with Gasteiger partial charge in [0.15, 0.2) is 13.3 Å². The molecule has 0 aromatic carbocycles. The van der Waals surface area contributed by atoms with Crippen molar-refractivity contribution >= 4 is 72.0 Å². The molecule has 0 aromatic heterocycles. The summed E-state index contributed by atoms with van der Waals surface area (Å²) in [6, 6.07) is 0. The third-order valence-corrected chi connectivity index (χ3v) is 2.03. The van der Waals surface area contributed by atoms with E-state index in [4.69, 9.17) is 0 Å². The molecule has 0 radical (unpaired) electrons. The van der Waals surface area contributed by atoms with Crippen molar-refractivity contribution in [2.24, 2.45) is 0 Å². The standard InChI is InChI=1S/2C5H2F6O2.Ba.2H/c2*6-1-2(12)4(7,8)3(13)5(9,10)11;;;/h2*1H2;;;. The fourth-order valence-electron chi connectivity index (χ4n) is 0.777. The normalized spacial score (nSPS) is 12.3. The van der Waals surface area contributed by atoms with Crippen LogP contribution in [0.15, 0.2) is 0 Å². The Morgan fingerprint density at radius 1 is 0.519 bits per heavy atom. The van der Waals surface area contributed by atoms with Crippen molar-refractivity contribution in [2.45, 2.75) is 24.2 Å². The predicted molar refractivity (Wildman–Crippen MR) is 62.5 cm³/mol. The predicted octanol–water partition coefficient (Wildman–Crippen LogP) is 1.67. The van der Waals surface area contributed by atoms with E-state index in [0.717, 1.165) is 0 Å². The van der Waals surface area contributed by atoms with Crippen LogP contribution in [0.4, 0.5) is 52.7 Å². The Morgan fingerprint density at radius 2 is 0.704 bits per heavy atom. The number of ketones is 4. The van der Waals surface area contributed by atoms with Crippen molar-refractivity contribution in [2.75, 3.05) is 13.3 Å². The molecule has 0 fully saturated rings. The first kappa shape index (κ1) is 31.1. The zero-order chi connectivity index (χ0) is 21.7. The molecule has 17 heteroatoms. The number of Topliss-reactive ketones (excluding diaryl/α,β-unsaturated/α-hetero) is 4. The van der Waals surface area contributed by atoms with Gasteiger partial charge in [-0.15, -0.1) is 0 Å². The van der Waals surface area contributed by atoms with Crippen LogP contribution in [-0.2, 0) is 19.2 Å². The summed E-state index contributed by atoms with van der Waals surface area (Å²) in [5.41, 5.74) is 0. The fraction of sp³-hybridized carbons (Fsp3) is 0.600. The first-order valence-corrected chi connectivity index (χ1v) is 5.45. The summed E-state index contributed by atoms with van der Waals surface area (Å²) in [6.45, 7) is -4.65. The molecular formula is C10H6BaF12O4. The van der Waals surface area contributed by atoms with Gasteiger partial charge in [-0.25, -0.2) is 8.78 Å². The van der Waals surface area contributed by atoms with Crippen LogP contribution in [-0.4, -0.2) is 110 Å². The van der Waals surface area contributed by atoms with Gasteiger partial charge < -0.3 is 0 Å². The van der Waals surface area contributed by atoms with Crippen molar-refractivity contribution in [1.29, 1.82) is 0 Å². The molecule has 4 nitrogen and oxygen atoms in total. The number of alkyl halides is 12. The van der Waals surface area contributed by atoms with Crippen LogP contribution in [0.2, 0.25) is 0 Å². The first-order valence-electron chi connectivity index (χ1n) is 5.45. The van der Waals surface area contributed by atoms with Crippen molar-refractivity contribution in [3.8, 4) is 0 Å². The average molecular weight is 555 g/mol. The fourth-order valence-corrected chi connectivity index (χ4v) is 0.777. The number of halogens is 12. The molecule has 27 heavy (non-hydrogen) atoms. The number of carbonyl (C=O) groups is 4. The molecule has 0 aliphatic rings. The van der Waals surface area contributed by atoms with Crippen molar-refractivity contribution in [3.63, 3.8) is 0 Å². The van der Waals surface area contributed by atoms with Crippen LogP contribution in [0.5, 0.6) is 0 Å². The summed E-state index contributed by atoms with van der Waals surface area (Å²) in [5.74, 6) is -23.2. The van der Waals surface area contributed by atoms with E-state index >= 15 is 0 Å². The summed E-state index contributed by atoms with van der Waals surface area (Å²) < 4.78 is 139. The van der Waals surface area contributed by atoms with Gasteiger partial charge in [-0.05, 0) is 0 Å². The molecule has 0 saturated heterocycles. The molecule has 0 aliphatic carbocycles. The number of rotatable bonds is 6. The van der Waals surface area contributed by atoms with E-state index in [1.165, 1.54) is 0 Å². The van der Waals surface area contributed by atoms with E-state index in [1.807, 2.05) is 0 Å². The quantitative estimate of drug-likeness (QED) is 0.284. The van der Waals surface area contributed by atoms with E-state index in [2.05, 4.69) is 0 Å². The Balaban J connectivity index is -0.000000411. The summed E-state index contributed by atoms with van der Waals surface area (Å²) in [4.78, 5) is 39.4. The van der Waals surface area contributed by atoms with Crippen LogP contribution >= 0.6 is 0 Å². The molecule has 0 unspecified atom stereocenters. The van der Waals surface area contributed by atoms with Crippen molar-refractivity contribution < 1.29 is 71.9 Å². The molecular weight excluding hydrogens is 549 g/mol. The monoisotopic (exact) mass is 556 g/mol. The van der Waals surface area contributed by atoms with Crippen LogP contribution < -0.4 is 0 Å². The number of carbonyl (C=O) groups excluding carboxylic acids is 4. The van der Waals surface area contributed by atoms with Gasteiger partial charge in [0.25, 0.3) is 0 Å². The Bertz CT molecular complexity index is 516. The minimum absolute atomic E-state index is 0. The molecule has 0 rings (SSSR count). The van der Waals surface area contributed by atoms with E-state index in [9.17, 15) is 71.9 Å². The molecule has 0 N–H and O–H groups in total. The molecule has 0 bridgehead atoms. The van der Waals surface area contributed by atoms with E-state index in [0.29, 0.717) is 0 Å². The summed E-state index contributed by atoms with van der Waals surface area (Å²) in [7, 11) is 0. The summed E-state index contributed by atoms with van der Waals surface area (Å²) in [6.07, 6.45) is -11.7. The molecule has 0 saturated carbocycles. The SMILES string of the molecule is O=C(CF)C(F)(F)C(=O)C(F)(F)F.O=C(CF)C(F)(F)C(=O)C(F)(F)F.[BaH2]. The van der Waals surface area contributed by atoms with E-state index < -0.39 is 60.7 Å². The van der Waals surface area contributed by atoms with Gasteiger partial charge >= 0.3 is 84.6 Å². The molecule has 0 spiro atoms. The van der Waals surface area contributed by atoms with Crippen molar-refractivity contribution in [3.05, 3.63) is 0 Å². The van der Waals surface area contributed by atoms with E-state index in [1.54, 1.807) is 0 Å². The van der Waals surface area contributed by atoms with Crippen LogP contribution in [0.25, 0.3) is 0 Å². The van der Waals surface area contributed by atoms with E-state index in [-0.39, 0.29) is 48.9 Å². The van der Waals surface area contributed by atoms with Gasteiger partial charge in [-0.3, -0.25) is 19.2 Å². The van der Waals surface area contributed by atoms with Gasteiger partial charge in [-0.1, -0.05) is 0 Å². The van der Waals surface area contributed by atoms with Crippen molar-refractivity contribution in [1.82, 2.24) is 0 Å². The second-order valence-electron chi connectivity index (χ2n) is 3.92. The van der Waals surface area contributed by atoms with Gasteiger partial charge in [0.1, 0.15) is 0 Å². The van der Waals surface area contributed by atoms with Crippen LogP contribution in [0.1, 0.15) is 0 Å². The van der Waals surface area contributed by atoms with Crippen LogP contribution in [0.3, 0.4) is 0 Å². The second kappa shape index (κ2) is 10.8. The second-order valence-corrected chi connectivity index (χ2v) is 3.92. The van der Waals surface area contributed by atoms with Crippen LogP contribution in [0, 0.1) is 0 Å². The molecule has 156 valence electrons. The Hall–Kier alpha value is -0.589. The van der Waals surface area contributed by atoms with Gasteiger partial charge in [-0.2, -0.15) is 43.9 Å². The molecule has 0 aliphatic heterocycles. The Labute approximate surface area is 180 Å². The Kier molecular flexibility index (Phi) is 12.5. The van der Waals surface area contributed by atoms with Gasteiger partial charge in [0.05, 0.1) is 0 Å². The maximum absolute atomic E-state index is 12.0. The molecule has 0 atom stereocenters. The van der Waals surface area contributed by atoms with Gasteiger partial charge in [0, 0.05) is 0 Å². The maximum atomic E-state index is 12.0. The topological polar surface area (TPSA) is 68.3 Å². The minimum atomic E-state index is -5.85. The Morgan fingerprint density at radius 3 is 0.815 bits per heavy atom. The summed E-state index contributed by atoms with van der Waals surface area (Å²) in [5, 5.41) is 0. The molecule has 0 heterocycles. The third kappa shape index (κ3) is 8.97. The third-order valence-electron chi connectivity index (χ3n) is 2.03. The average Bonchev–Trinajstić information content (AvgIpc) is 2.50. The number of hydrogen-bond acceptors (Lipinski definition) is 4. The number of hydrogen-bond donors (Lipinski definition) is 0. The molecule has 0 amide bonds.